The van der Waals surface area contributed by atoms with Gasteiger partial charge in [0, 0.05) is 19.3 Å². The summed E-state index contributed by atoms with van der Waals surface area (Å²) < 4.78 is 4.95. The first-order valence-corrected chi connectivity index (χ1v) is 4.58. The molecule has 0 bridgehead atoms. The number of carbonyl (C=O) groups is 1. The van der Waals surface area contributed by atoms with Crippen LogP contribution in [-0.4, -0.2) is 35.8 Å². The maximum Gasteiger partial charge on any atom is 0.337 e. The molecule has 1 atom stereocenters. The minimum atomic E-state index is -0.968. The van der Waals surface area contributed by atoms with Crippen LogP contribution in [0.3, 0.4) is 0 Å². The van der Waals surface area contributed by atoms with Gasteiger partial charge in [-0.25, -0.2) is 4.79 Å². The second kappa shape index (κ2) is 5.31. The van der Waals surface area contributed by atoms with Crippen molar-refractivity contribution in [2.45, 2.75) is 13.0 Å². The van der Waals surface area contributed by atoms with Crippen LogP contribution < -0.4 is 5.32 Å². The number of rotatable bonds is 5. The van der Waals surface area contributed by atoms with E-state index in [9.17, 15) is 4.79 Å². The first-order chi connectivity index (χ1) is 7.15. The Hall–Kier alpha value is -1.62. The Kier molecular flexibility index (Phi) is 4.05. The number of hydrogen-bond acceptors (Lipinski definition) is 4. The summed E-state index contributed by atoms with van der Waals surface area (Å²) in [6.45, 7) is 2.41. The normalized spacial score (nSPS) is 12.1. The Bertz CT molecular complexity index is 341. The van der Waals surface area contributed by atoms with Gasteiger partial charge in [-0.15, -0.1) is 0 Å². The molecule has 15 heavy (non-hydrogen) atoms. The van der Waals surface area contributed by atoms with Gasteiger partial charge in [0.05, 0.1) is 24.1 Å². The van der Waals surface area contributed by atoms with Gasteiger partial charge < -0.3 is 15.2 Å². The van der Waals surface area contributed by atoms with E-state index in [1.807, 2.05) is 6.92 Å². The third-order valence-corrected chi connectivity index (χ3v) is 1.87. The molecule has 5 nitrogen and oxygen atoms in total. The molecule has 0 fully saturated rings. The standard InChI is InChI=1S/C10H14N2O3/c1-7(6-15-2)12-9-5-11-4-3-8(9)10(13)14/h3-5,7,12H,6H2,1-2H3,(H,13,14). The molecule has 0 aromatic carbocycles. The van der Waals surface area contributed by atoms with Crippen LogP contribution in [0.5, 0.6) is 0 Å². The van der Waals surface area contributed by atoms with E-state index < -0.39 is 5.97 Å². The van der Waals surface area contributed by atoms with Gasteiger partial charge >= 0.3 is 5.97 Å². The molecule has 0 aliphatic rings. The van der Waals surface area contributed by atoms with Crippen LogP contribution >= 0.6 is 0 Å². The van der Waals surface area contributed by atoms with Gasteiger partial charge in [-0.1, -0.05) is 0 Å². The summed E-state index contributed by atoms with van der Waals surface area (Å²) in [5.41, 5.74) is 0.725. The Labute approximate surface area is 88.1 Å². The summed E-state index contributed by atoms with van der Waals surface area (Å²) in [5.74, 6) is -0.968. The Morgan fingerprint density at radius 2 is 2.47 bits per heavy atom. The number of anilines is 1. The van der Waals surface area contributed by atoms with Crippen molar-refractivity contribution >= 4 is 11.7 Å². The summed E-state index contributed by atoms with van der Waals surface area (Å²) >= 11 is 0. The van der Waals surface area contributed by atoms with E-state index in [1.54, 1.807) is 7.11 Å². The van der Waals surface area contributed by atoms with Gasteiger partial charge in [0.1, 0.15) is 0 Å². The van der Waals surface area contributed by atoms with E-state index in [-0.39, 0.29) is 11.6 Å². The van der Waals surface area contributed by atoms with Crippen molar-refractivity contribution in [3.05, 3.63) is 24.0 Å². The molecule has 82 valence electrons. The lowest BCUT2D eigenvalue weighted by atomic mass is 10.2. The number of carboxylic acids is 1. The van der Waals surface area contributed by atoms with E-state index in [1.165, 1.54) is 18.5 Å². The molecule has 1 rings (SSSR count). The minimum absolute atomic E-state index is 0.0392. The fraction of sp³-hybridized carbons (Fsp3) is 0.400. The zero-order valence-electron chi connectivity index (χ0n) is 8.73. The number of nitrogens with zero attached hydrogens (tertiary/aromatic N) is 1. The number of methoxy groups -OCH3 is 1. The number of aromatic carboxylic acids is 1. The van der Waals surface area contributed by atoms with Gasteiger partial charge in [-0.3, -0.25) is 4.98 Å². The SMILES string of the molecule is COCC(C)Nc1cnccc1C(=O)O. The van der Waals surface area contributed by atoms with Crippen LogP contribution in [-0.2, 0) is 4.74 Å². The lowest BCUT2D eigenvalue weighted by molar-refractivity contribution is 0.0697. The summed E-state index contributed by atoms with van der Waals surface area (Å²) in [5, 5.41) is 11.9. The van der Waals surface area contributed by atoms with Crippen LogP contribution in [0.1, 0.15) is 17.3 Å². The lowest BCUT2D eigenvalue weighted by Crippen LogP contribution is -2.22. The number of aromatic nitrogens is 1. The highest BCUT2D eigenvalue weighted by Crippen LogP contribution is 2.14. The van der Waals surface area contributed by atoms with E-state index in [0.717, 1.165) is 0 Å². The Morgan fingerprint density at radius 3 is 3.07 bits per heavy atom. The monoisotopic (exact) mass is 210 g/mol. The highest BCUT2D eigenvalue weighted by atomic mass is 16.5. The zero-order chi connectivity index (χ0) is 11.3. The predicted molar refractivity (Wildman–Crippen MR) is 56.2 cm³/mol. The average molecular weight is 210 g/mol. The zero-order valence-corrected chi connectivity index (χ0v) is 8.73. The lowest BCUT2D eigenvalue weighted by Gasteiger charge is -2.15. The molecule has 1 unspecified atom stereocenters. The molecular formula is C10H14N2O3. The van der Waals surface area contributed by atoms with Gasteiger partial charge in [0.2, 0.25) is 0 Å². The highest BCUT2D eigenvalue weighted by molar-refractivity contribution is 5.93. The van der Waals surface area contributed by atoms with Crippen molar-refractivity contribution in [2.24, 2.45) is 0 Å². The van der Waals surface area contributed by atoms with Crippen molar-refractivity contribution in [2.75, 3.05) is 19.0 Å². The maximum absolute atomic E-state index is 10.9. The molecule has 0 radical (unpaired) electrons. The number of nitrogens with one attached hydrogen (secondary N) is 1. The van der Waals surface area contributed by atoms with Crippen molar-refractivity contribution in [3.8, 4) is 0 Å². The minimum Gasteiger partial charge on any atom is -0.478 e. The van der Waals surface area contributed by atoms with Gasteiger partial charge in [-0.05, 0) is 13.0 Å². The van der Waals surface area contributed by atoms with Gasteiger partial charge in [0.15, 0.2) is 0 Å². The number of hydrogen-bond donors (Lipinski definition) is 2. The smallest absolute Gasteiger partial charge is 0.337 e. The fourth-order valence-electron chi connectivity index (χ4n) is 1.25. The molecule has 0 saturated carbocycles. The summed E-state index contributed by atoms with van der Waals surface area (Å²) in [6.07, 6.45) is 2.95. The third-order valence-electron chi connectivity index (χ3n) is 1.87. The Morgan fingerprint density at radius 1 is 1.73 bits per heavy atom. The van der Waals surface area contributed by atoms with E-state index >= 15 is 0 Å². The van der Waals surface area contributed by atoms with Crippen LogP contribution in [0.4, 0.5) is 5.69 Å². The molecule has 0 aliphatic heterocycles. The van der Waals surface area contributed by atoms with Crippen LogP contribution in [0.2, 0.25) is 0 Å². The molecule has 1 aromatic heterocycles. The second-order valence-electron chi connectivity index (χ2n) is 3.23. The molecule has 0 aliphatic carbocycles. The van der Waals surface area contributed by atoms with Gasteiger partial charge in [-0.2, -0.15) is 0 Å². The first kappa shape index (κ1) is 11.5. The quantitative estimate of drug-likeness (QED) is 0.764. The molecule has 0 spiro atoms. The van der Waals surface area contributed by atoms with E-state index in [2.05, 4.69) is 10.3 Å². The van der Waals surface area contributed by atoms with E-state index in [4.69, 9.17) is 9.84 Å². The topological polar surface area (TPSA) is 71.5 Å². The van der Waals surface area contributed by atoms with Crippen molar-refractivity contribution < 1.29 is 14.6 Å². The summed E-state index contributed by atoms with van der Waals surface area (Å²) in [4.78, 5) is 14.7. The van der Waals surface area contributed by atoms with Gasteiger partial charge in [0.25, 0.3) is 0 Å². The highest BCUT2D eigenvalue weighted by Gasteiger charge is 2.11. The largest absolute Gasteiger partial charge is 0.478 e. The number of carboxylic acid groups (broad SMARTS) is 1. The Balaban J connectivity index is 2.79. The van der Waals surface area contributed by atoms with Crippen molar-refractivity contribution in [3.63, 3.8) is 0 Å². The third kappa shape index (κ3) is 3.21. The fourth-order valence-corrected chi connectivity index (χ4v) is 1.25. The molecule has 1 heterocycles. The summed E-state index contributed by atoms with van der Waals surface area (Å²) in [7, 11) is 1.60. The predicted octanol–water partition coefficient (Wildman–Crippen LogP) is 1.23. The molecule has 0 amide bonds. The molecule has 1 aromatic rings. The summed E-state index contributed by atoms with van der Waals surface area (Å²) in [6, 6.07) is 1.50. The first-order valence-electron chi connectivity index (χ1n) is 4.58. The number of pyridine rings is 1. The van der Waals surface area contributed by atoms with Crippen LogP contribution in [0.15, 0.2) is 18.5 Å². The van der Waals surface area contributed by atoms with Crippen molar-refractivity contribution in [1.82, 2.24) is 4.98 Å². The number of ether oxygens (including phenoxy) is 1. The van der Waals surface area contributed by atoms with E-state index in [0.29, 0.717) is 12.3 Å². The molecular weight excluding hydrogens is 196 g/mol. The van der Waals surface area contributed by atoms with Crippen molar-refractivity contribution in [1.29, 1.82) is 0 Å². The molecule has 0 saturated heterocycles. The second-order valence-corrected chi connectivity index (χ2v) is 3.23. The maximum atomic E-state index is 10.9. The van der Waals surface area contributed by atoms with Crippen LogP contribution in [0, 0.1) is 0 Å². The average Bonchev–Trinajstić information content (AvgIpc) is 2.18. The molecule has 2 N–H and O–H groups in total. The molecule has 5 heteroatoms. The van der Waals surface area contributed by atoms with Crippen LogP contribution in [0.25, 0.3) is 0 Å².